The third-order valence-electron chi connectivity index (χ3n) is 4.01. The largest absolute Gasteiger partial charge is 0.488 e. The molecule has 1 atom stereocenters. The van der Waals surface area contributed by atoms with Crippen LogP contribution < -0.4 is 10.2 Å². The number of aromatic carboxylic acids is 1. The summed E-state index contributed by atoms with van der Waals surface area (Å²) in [5, 5.41) is 17.9. The molecule has 1 aromatic carbocycles. The molecule has 2 N–H and O–H groups in total. The van der Waals surface area contributed by atoms with E-state index in [0.717, 1.165) is 6.07 Å². The summed E-state index contributed by atoms with van der Waals surface area (Å²) in [6.07, 6.45) is 0.897. The highest BCUT2D eigenvalue weighted by Crippen LogP contribution is 2.37. The van der Waals surface area contributed by atoms with Crippen molar-refractivity contribution in [3.8, 4) is 5.75 Å². The van der Waals surface area contributed by atoms with Crippen molar-refractivity contribution in [1.82, 2.24) is 4.57 Å². The van der Waals surface area contributed by atoms with Crippen LogP contribution in [-0.2, 0) is 0 Å². The van der Waals surface area contributed by atoms with Crippen LogP contribution in [0.4, 0.5) is 4.39 Å². The molecule has 126 valence electrons. The molecule has 1 aliphatic heterocycles. The second kappa shape index (κ2) is 5.72. The fraction of sp³-hybridized carbons (Fsp3) is 0.312. The number of carboxylic acids is 1. The van der Waals surface area contributed by atoms with Crippen molar-refractivity contribution in [2.24, 2.45) is 0 Å². The van der Waals surface area contributed by atoms with Crippen LogP contribution in [0.15, 0.2) is 17.1 Å². The van der Waals surface area contributed by atoms with Gasteiger partial charge in [-0.2, -0.15) is 0 Å². The first kappa shape index (κ1) is 16.1. The number of aliphatic hydroxyl groups is 1. The number of benzene rings is 1. The number of nitrogens with zero attached hydrogens (tertiary/aromatic N) is 1. The number of aromatic nitrogens is 1. The highest BCUT2D eigenvalue weighted by Gasteiger charge is 2.30. The quantitative estimate of drug-likeness (QED) is 0.817. The molecule has 0 amide bonds. The number of halogens is 1. The second-order valence-electron chi connectivity index (χ2n) is 5.60. The summed E-state index contributed by atoms with van der Waals surface area (Å²) in [5.74, 6) is -3.12. The lowest BCUT2D eigenvalue weighted by Crippen LogP contribution is -2.28. The Kier molecular flexibility index (Phi) is 3.84. The zero-order valence-corrected chi connectivity index (χ0v) is 12.7. The van der Waals surface area contributed by atoms with Gasteiger partial charge in [-0.05, 0) is 13.0 Å². The molecule has 0 saturated carbocycles. The molecule has 0 unspecified atom stereocenters. The van der Waals surface area contributed by atoms with Crippen LogP contribution in [0.1, 0.15) is 40.1 Å². The number of carbonyl (C=O) groups is 2. The number of ether oxygens (including phenoxy) is 1. The van der Waals surface area contributed by atoms with E-state index in [-0.39, 0.29) is 41.3 Å². The lowest BCUT2D eigenvalue weighted by atomic mass is 10.00. The molecule has 0 bridgehead atoms. The van der Waals surface area contributed by atoms with Crippen LogP contribution in [0.3, 0.4) is 0 Å². The summed E-state index contributed by atoms with van der Waals surface area (Å²) in [6, 6.07) is 0.556. The highest BCUT2D eigenvalue weighted by molar-refractivity contribution is 6.05. The van der Waals surface area contributed by atoms with Gasteiger partial charge in [-0.3, -0.25) is 9.59 Å². The van der Waals surface area contributed by atoms with E-state index in [2.05, 4.69) is 0 Å². The number of ketones is 1. The third-order valence-corrected chi connectivity index (χ3v) is 4.01. The fourth-order valence-corrected chi connectivity index (χ4v) is 2.86. The summed E-state index contributed by atoms with van der Waals surface area (Å²) < 4.78 is 21.4. The third kappa shape index (κ3) is 2.26. The van der Waals surface area contributed by atoms with E-state index < -0.39 is 35.2 Å². The Labute approximate surface area is 134 Å². The van der Waals surface area contributed by atoms with Crippen LogP contribution >= 0.6 is 0 Å². The molecule has 0 fully saturated rings. The van der Waals surface area contributed by atoms with Gasteiger partial charge in [0, 0.05) is 12.6 Å². The summed E-state index contributed by atoms with van der Waals surface area (Å²) in [7, 11) is 0. The predicted octanol–water partition coefficient (Wildman–Crippen LogP) is 1.36. The van der Waals surface area contributed by atoms with E-state index in [1.165, 1.54) is 10.8 Å². The number of rotatable bonds is 4. The van der Waals surface area contributed by atoms with Crippen LogP contribution in [-0.4, -0.2) is 39.7 Å². The van der Waals surface area contributed by atoms with Crippen molar-refractivity contribution in [3.63, 3.8) is 0 Å². The number of carbonyl (C=O) groups excluding carboxylic acids is 1. The van der Waals surface area contributed by atoms with E-state index in [1.807, 2.05) is 0 Å². The maximum absolute atomic E-state index is 14.4. The Hall–Kier alpha value is -2.74. The molecule has 2 aromatic rings. The Balaban J connectivity index is 2.45. The molecule has 1 aliphatic rings. The van der Waals surface area contributed by atoms with Crippen molar-refractivity contribution in [3.05, 3.63) is 39.4 Å². The Morgan fingerprint density at radius 2 is 2.17 bits per heavy atom. The molecule has 0 spiro atoms. The summed E-state index contributed by atoms with van der Waals surface area (Å²) >= 11 is 0. The second-order valence-corrected chi connectivity index (χ2v) is 5.60. The predicted molar refractivity (Wildman–Crippen MR) is 81.4 cm³/mol. The molecule has 0 saturated heterocycles. The van der Waals surface area contributed by atoms with Gasteiger partial charge in [-0.1, -0.05) is 0 Å². The zero-order chi connectivity index (χ0) is 17.6. The first-order valence-corrected chi connectivity index (χ1v) is 7.28. The minimum absolute atomic E-state index is 0.0874. The Morgan fingerprint density at radius 1 is 1.46 bits per heavy atom. The van der Waals surface area contributed by atoms with Crippen molar-refractivity contribution in [1.29, 1.82) is 0 Å². The van der Waals surface area contributed by atoms with Gasteiger partial charge in [0.15, 0.2) is 11.5 Å². The van der Waals surface area contributed by atoms with Crippen molar-refractivity contribution in [2.75, 3.05) is 13.2 Å². The van der Waals surface area contributed by atoms with Gasteiger partial charge in [-0.25, -0.2) is 9.18 Å². The lowest BCUT2D eigenvalue weighted by molar-refractivity contribution is 0.0693. The number of aliphatic hydroxyl groups excluding tert-OH is 1. The normalized spacial score (nSPS) is 16.0. The molecule has 2 heterocycles. The minimum atomic E-state index is -1.41. The summed E-state index contributed by atoms with van der Waals surface area (Å²) in [4.78, 5) is 35.7. The van der Waals surface area contributed by atoms with E-state index in [0.29, 0.717) is 0 Å². The SMILES string of the molecule is C[C@H]1COc2c(C(=O)CCO)c(F)cc3c(=O)c(C(=O)O)cn1c23. The van der Waals surface area contributed by atoms with E-state index in [4.69, 9.17) is 9.84 Å². The van der Waals surface area contributed by atoms with Gasteiger partial charge >= 0.3 is 5.97 Å². The van der Waals surface area contributed by atoms with Crippen LogP contribution in [0, 0.1) is 5.82 Å². The fourth-order valence-electron chi connectivity index (χ4n) is 2.86. The maximum Gasteiger partial charge on any atom is 0.341 e. The Bertz CT molecular complexity index is 933. The smallest absolute Gasteiger partial charge is 0.341 e. The average Bonchev–Trinajstić information content (AvgIpc) is 2.52. The zero-order valence-electron chi connectivity index (χ0n) is 12.7. The number of Topliss-reactive ketones (excluding diaryl/α,β-unsaturated/α-hetero) is 1. The first-order chi connectivity index (χ1) is 11.4. The number of hydrogen-bond donors (Lipinski definition) is 2. The number of pyridine rings is 1. The van der Waals surface area contributed by atoms with Gasteiger partial charge < -0.3 is 19.5 Å². The van der Waals surface area contributed by atoms with Crippen molar-refractivity contribution >= 4 is 22.7 Å². The average molecular weight is 335 g/mol. The molecular weight excluding hydrogens is 321 g/mol. The van der Waals surface area contributed by atoms with E-state index in [9.17, 15) is 23.9 Å². The van der Waals surface area contributed by atoms with Crippen LogP contribution in [0.2, 0.25) is 0 Å². The van der Waals surface area contributed by atoms with Crippen LogP contribution in [0.5, 0.6) is 5.75 Å². The summed E-state index contributed by atoms with van der Waals surface area (Å²) in [5.41, 5.74) is -1.46. The standard InChI is InChI=1S/C16H14FNO6/c1-7-6-24-15-12(11(20)2-3-19)10(17)4-8-13(15)18(7)5-9(14(8)21)16(22)23/h4-5,7,19H,2-3,6H2,1H3,(H,22,23)/t7-/m0/s1. The van der Waals surface area contributed by atoms with Gasteiger partial charge in [0.25, 0.3) is 0 Å². The van der Waals surface area contributed by atoms with Crippen molar-refractivity contribution < 1.29 is 28.9 Å². The Morgan fingerprint density at radius 3 is 2.79 bits per heavy atom. The van der Waals surface area contributed by atoms with Gasteiger partial charge in [-0.15, -0.1) is 0 Å². The van der Waals surface area contributed by atoms with Gasteiger partial charge in [0.05, 0.1) is 29.1 Å². The van der Waals surface area contributed by atoms with Crippen molar-refractivity contribution in [2.45, 2.75) is 19.4 Å². The number of hydrogen-bond acceptors (Lipinski definition) is 5. The van der Waals surface area contributed by atoms with E-state index in [1.54, 1.807) is 6.92 Å². The van der Waals surface area contributed by atoms with Gasteiger partial charge in [0.1, 0.15) is 18.0 Å². The molecule has 1 aromatic heterocycles. The minimum Gasteiger partial charge on any atom is -0.488 e. The molecule has 8 heteroatoms. The summed E-state index contributed by atoms with van der Waals surface area (Å²) in [6.45, 7) is 1.39. The molecule has 3 rings (SSSR count). The topological polar surface area (TPSA) is 106 Å². The maximum atomic E-state index is 14.4. The molecular formula is C16H14FNO6. The lowest BCUT2D eigenvalue weighted by Gasteiger charge is -2.28. The molecule has 7 nitrogen and oxygen atoms in total. The number of carboxylic acid groups (broad SMARTS) is 1. The highest BCUT2D eigenvalue weighted by atomic mass is 19.1. The van der Waals surface area contributed by atoms with E-state index >= 15 is 0 Å². The molecule has 24 heavy (non-hydrogen) atoms. The molecule has 0 aliphatic carbocycles. The molecule has 0 radical (unpaired) electrons. The first-order valence-electron chi connectivity index (χ1n) is 7.28. The van der Waals surface area contributed by atoms with Gasteiger partial charge in [0.2, 0.25) is 5.43 Å². The van der Waals surface area contributed by atoms with Crippen LogP contribution in [0.25, 0.3) is 10.9 Å². The monoisotopic (exact) mass is 335 g/mol.